The van der Waals surface area contributed by atoms with E-state index in [-0.39, 0.29) is 6.54 Å². The summed E-state index contributed by atoms with van der Waals surface area (Å²) < 4.78 is 9.58. The Morgan fingerprint density at radius 1 is 1.69 bits per heavy atom. The van der Waals surface area contributed by atoms with E-state index in [4.69, 9.17) is 4.42 Å². The Morgan fingerprint density at radius 2 is 2.38 bits per heavy atom. The molecule has 0 saturated carbocycles. The molecule has 0 N–H and O–H groups in total. The second kappa shape index (κ2) is 3.84. The highest BCUT2D eigenvalue weighted by Gasteiger charge is 2.14. The van der Waals surface area contributed by atoms with Crippen molar-refractivity contribution in [3.63, 3.8) is 0 Å². The smallest absolute Gasteiger partial charge is 0.341 e. The van der Waals surface area contributed by atoms with E-state index in [0.29, 0.717) is 17.1 Å². The van der Waals surface area contributed by atoms with Gasteiger partial charge in [-0.2, -0.15) is 4.91 Å². The summed E-state index contributed by atoms with van der Waals surface area (Å²) in [5.41, 5.74) is 0.334. The normalized spacial score (nSPS) is 9.69. The van der Waals surface area contributed by atoms with Crippen LogP contribution in [0.5, 0.6) is 0 Å². The molecule has 5 heteroatoms. The Kier molecular flexibility index (Phi) is 2.79. The number of esters is 1. The summed E-state index contributed by atoms with van der Waals surface area (Å²) in [4.78, 5) is 21.0. The molecule has 0 atom stereocenters. The summed E-state index contributed by atoms with van der Waals surface area (Å²) in [6.45, 7) is 1.55. The number of furan rings is 1. The summed E-state index contributed by atoms with van der Waals surface area (Å²) >= 11 is 0. The van der Waals surface area contributed by atoms with Crippen molar-refractivity contribution >= 4 is 5.97 Å². The van der Waals surface area contributed by atoms with Crippen molar-refractivity contribution in [2.75, 3.05) is 7.11 Å². The van der Waals surface area contributed by atoms with E-state index in [0.717, 1.165) is 0 Å². The fraction of sp³-hybridized carbons (Fsp3) is 0.375. The van der Waals surface area contributed by atoms with Gasteiger partial charge in [-0.05, 0) is 13.0 Å². The van der Waals surface area contributed by atoms with Gasteiger partial charge >= 0.3 is 5.97 Å². The van der Waals surface area contributed by atoms with Crippen molar-refractivity contribution in [2.45, 2.75) is 13.5 Å². The number of methoxy groups -OCH3 is 1. The van der Waals surface area contributed by atoms with Crippen LogP contribution in [-0.4, -0.2) is 13.1 Å². The quantitative estimate of drug-likeness (QED) is 0.527. The minimum atomic E-state index is -0.474. The zero-order chi connectivity index (χ0) is 9.84. The first kappa shape index (κ1) is 9.44. The average Bonchev–Trinajstić information content (AvgIpc) is 2.46. The lowest BCUT2D eigenvalue weighted by Crippen LogP contribution is -2.00. The van der Waals surface area contributed by atoms with Gasteiger partial charge in [-0.15, -0.1) is 0 Å². The van der Waals surface area contributed by atoms with E-state index in [1.165, 1.54) is 13.2 Å². The van der Waals surface area contributed by atoms with E-state index in [9.17, 15) is 9.70 Å². The number of carbonyl (C=O) groups excluding carboxylic acids is 1. The van der Waals surface area contributed by atoms with Crippen LogP contribution in [0.2, 0.25) is 0 Å². The molecular weight excluding hydrogens is 174 g/mol. The first-order valence-corrected chi connectivity index (χ1v) is 3.65. The number of nitrogens with zero attached hydrogens (tertiary/aromatic N) is 1. The van der Waals surface area contributed by atoms with E-state index in [1.54, 1.807) is 6.92 Å². The highest BCUT2D eigenvalue weighted by Crippen LogP contribution is 2.16. The third kappa shape index (κ3) is 1.93. The standard InChI is InChI=1S/C8H9NO4/c1-5-7(8(10)12-2)3-6(13-5)4-9-11/h3H,4H2,1-2H3. The predicted molar refractivity (Wildman–Crippen MR) is 44.3 cm³/mol. The zero-order valence-corrected chi connectivity index (χ0v) is 7.36. The molecule has 70 valence electrons. The number of rotatable bonds is 3. The average molecular weight is 183 g/mol. The molecule has 0 fully saturated rings. The summed E-state index contributed by atoms with van der Waals surface area (Å²) in [7, 11) is 1.28. The highest BCUT2D eigenvalue weighted by atomic mass is 16.5. The molecule has 0 aliphatic carbocycles. The van der Waals surface area contributed by atoms with Crippen molar-refractivity contribution in [1.82, 2.24) is 0 Å². The van der Waals surface area contributed by atoms with Crippen LogP contribution in [0.1, 0.15) is 21.9 Å². The van der Waals surface area contributed by atoms with Gasteiger partial charge in [0.2, 0.25) is 0 Å². The molecule has 1 aromatic rings. The molecule has 5 nitrogen and oxygen atoms in total. The third-order valence-electron chi connectivity index (χ3n) is 1.59. The van der Waals surface area contributed by atoms with Crippen molar-refractivity contribution in [3.05, 3.63) is 28.1 Å². The van der Waals surface area contributed by atoms with Crippen LogP contribution in [0.4, 0.5) is 0 Å². The summed E-state index contributed by atoms with van der Waals surface area (Å²) in [5, 5.41) is 2.65. The van der Waals surface area contributed by atoms with Gasteiger partial charge in [0.15, 0.2) is 0 Å². The number of hydrogen-bond acceptors (Lipinski definition) is 5. The molecule has 0 saturated heterocycles. The van der Waals surface area contributed by atoms with Crippen LogP contribution < -0.4 is 0 Å². The van der Waals surface area contributed by atoms with Crippen LogP contribution in [0.15, 0.2) is 15.7 Å². The van der Waals surface area contributed by atoms with Crippen LogP contribution in [0.25, 0.3) is 0 Å². The summed E-state index contributed by atoms with van der Waals surface area (Å²) in [6.07, 6.45) is 0. The number of nitroso groups, excluding NO2 is 1. The van der Waals surface area contributed by atoms with Crippen molar-refractivity contribution < 1.29 is 13.9 Å². The van der Waals surface area contributed by atoms with Gasteiger partial charge in [0.1, 0.15) is 23.6 Å². The predicted octanol–water partition coefficient (Wildman–Crippen LogP) is 1.64. The minimum absolute atomic E-state index is 0.0716. The topological polar surface area (TPSA) is 68.9 Å². The van der Waals surface area contributed by atoms with Gasteiger partial charge in [-0.1, -0.05) is 5.18 Å². The molecule has 0 spiro atoms. The van der Waals surface area contributed by atoms with E-state index >= 15 is 0 Å². The lowest BCUT2D eigenvalue weighted by atomic mass is 10.2. The maximum absolute atomic E-state index is 11.1. The molecule has 0 amide bonds. The number of carbonyl (C=O) groups is 1. The van der Waals surface area contributed by atoms with Crippen molar-refractivity contribution in [3.8, 4) is 0 Å². The number of ether oxygens (including phenoxy) is 1. The first-order chi connectivity index (χ1) is 6.19. The maximum Gasteiger partial charge on any atom is 0.341 e. The lowest BCUT2D eigenvalue weighted by molar-refractivity contribution is 0.0599. The molecule has 0 aromatic carbocycles. The van der Waals surface area contributed by atoms with Gasteiger partial charge in [0.05, 0.1) is 7.11 Å². The second-order valence-corrected chi connectivity index (χ2v) is 2.46. The fourth-order valence-corrected chi connectivity index (χ4v) is 0.998. The first-order valence-electron chi connectivity index (χ1n) is 3.65. The van der Waals surface area contributed by atoms with E-state index in [1.807, 2.05) is 0 Å². The molecule has 0 radical (unpaired) electrons. The summed E-state index contributed by atoms with van der Waals surface area (Å²) in [5.74, 6) is 0.330. The van der Waals surface area contributed by atoms with Crippen LogP contribution in [0.3, 0.4) is 0 Å². The van der Waals surface area contributed by atoms with Crippen LogP contribution in [0, 0.1) is 11.8 Å². The second-order valence-electron chi connectivity index (χ2n) is 2.46. The molecule has 13 heavy (non-hydrogen) atoms. The van der Waals surface area contributed by atoms with E-state index in [2.05, 4.69) is 9.91 Å². The Morgan fingerprint density at radius 3 is 2.92 bits per heavy atom. The van der Waals surface area contributed by atoms with E-state index < -0.39 is 5.97 Å². The van der Waals surface area contributed by atoms with Gasteiger partial charge in [0, 0.05) is 0 Å². The molecular formula is C8H9NO4. The maximum atomic E-state index is 11.1. The minimum Gasteiger partial charge on any atom is -0.465 e. The largest absolute Gasteiger partial charge is 0.465 e. The fourth-order valence-electron chi connectivity index (χ4n) is 0.998. The van der Waals surface area contributed by atoms with Crippen LogP contribution in [-0.2, 0) is 11.3 Å². The Labute approximate surface area is 74.7 Å². The monoisotopic (exact) mass is 183 g/mol. The van der Waals surface area contributed by atoms with Crippen LogP contribution >= 0.6 is 0 Å². The van der Waals surface area contributed by atoms with Gasteiger partial charge in [0.25, 0.3) is 0 Å². The van der Waals surface area contributed by atoms with Gasteiger partial charge in [-0.25, -0.2) is 4.79 Å². The molecule has 1 rings (SSSR count). The highest BCUT2D eigenvalue weighted by molar-refractivity contribution is 5.90. The molecule has 0 aliphatic heterocycles. The van der Waals surface area contributed by atoms with Gasteiger partial charge in [-0.3, -0.25) is 0 Å². The molecule has 1 aromatic heterocycles. The Hall–Kier alpha value is -1.65. The molecule has 1 heterocycles. The third-order valence-corrected chi connectivity index (χ3v) is 1.59. The number of hydrogen-bond donors (Lipinski definition) is 0. The lowest BCUT2D eigenvalue weighted by Gasteiger charge is -1.93. The Balaban J connectivity index is 2.95. The molecule has 0 bridgehead atoms. The Bertz CT molecular complexity index is 329. The molecule has 0 aliphatic rings. The van der Waals surface area contributed by atoms with Crippen molar-refractivity contribution in [2.24, 2.45) is 5.18 Å². The summed E-state index contributed by atoms with van der Waals surface area (Å²) in [6, 6.07) is 1.46. The SMILES string of the molecule is COC(=O)c1cc(CN=O)oc1C. The molecule has 0 unspecified atom stereocenters. The van der Waals surface area contributed by atoms with Crippen molar-refractivity contribution in [1.29, 1.82) is 0 Å². The zero-order valence-electron chi connectivity index (χ0n) is 7.36. The van der Waals surface area contributed by atoms with Gasteiger partial charge < -0.3 is 9.15 Å². The number of aryl methyl sites for hydroxylation is 1.